The summed E-state index contributed by atoms with van der Waals surface area (Å²) in [6, 6.07) is 18.7. The fourth-order valence-electron chi connectivity index (χ4n) is 4.45. The molecule has 0 fully saturated rings. The molecular weight excluding hydrogens is 673 g/mol. The highest BCUT2D eigenvalue weighted by Crippen LogP contribution is 2.36. The fourth-order valence-corrected chi connectivity index (χ4v) is 6.46. The molecule has 0 aliphatic carbocycles. The second-order valence-corrected chi connectivity index (χ2v) is 18.7. The molecule has 13 heteroatoms. The van der Waals surface area contributed by atoms with Crippen molar-refractivity contribution in [1.82, 2.24) is 20.1 Å². The zero-order valence-electron chi connectivity index (χ0n) is 29.8. The third-order valence-electron chi connectivity index (χ3n) is 8.23. The highest BCUT2D eigenvalue weighted by Gasteiger charge is 2.36. The van der Waals surface area contributed by atoms with Crippen molar-refractivity contribution in [2.75, 3.05) is 59.9 Å². The molecule has 0 atom stereocenters. The number of nitrogens with one attached hydrogen (secondary N) is 1. The Morgan fingerprint density at radius 2 is 1.52 bits per heavy atom. The van der Waals surface area contributed by atoms with E-state index in [2.05, 4.69) is 49.3 Å². The maximum atomic E-state index is 13.3. The molecule has 50 heavy (non-hydrogen) atoms. The number of aromatic nitrogens is 3. The van der Waals surface area contributed by atoms with Gasteiger partial charge in [-0.2, -0.15) is 9.78 Å². The van der Waals surface area contributed by atoms with Crippen LogP contribution in [0.1, 0.15) is 42.5 Å². The molecule has 0 unspecified atom stereocenters. The first-order chi connectivity index (χ1) is 24.0. The molecule has 268 valence electrons. The zero-order chi connectivity index (χ0) is 36.0. The minimum absolute atomic E-state index is 0.0462. The summed E-state index contributed by atoms with van der Waals surface area (Å²) >= 11 is 1.43. The van der Waals surface area contributed by atoms with Gasteiger partial charge in [-0.05, 0) is 72.7 Å². The van der Waals surface area contributed by atoms with Gasteiger partial charge in [0.25, 0.3) is 5.91 Å². The second-order valence-electron chi connectivity index (χ2n) is 12.8. The lowest BCUT2D eigenvalue weighted by Crippen LogP contribution is -2.41. The minimum Gasteiger partial charge on any atom is -0.445 e. The van der Waals surface area contributed by atoms with Crippen molar-refractivity contribution in [3.63, 3.8) is 0 Å². The lowest BCUT2D eigenvalue weighted by atomic mass is 10.2. The lowest BCUT2D eigenvalue weighted by Gasteiger charge is -2.36. The summed E-state index contributed by atoms with van der Waals surface area (Å²) in [6.07, 6.45) is 4.74. The van der Waals surface area contributed by atoms with Gasteiger partial charge < -0.3 is 28.7 Å². The number of hydrogen-bond donors (Lipinski definition) is 1. The molecule has 0 saturated heterocycles. The van der Waals surface area contributed by atoms with Gasteiger partial charge in [0.2, 0.25) is 0 Å². The molecule has 1 N–H and O–H groups in total. The number of fused-ring (bicyclic) bond motifs is 1. The summed E-state index contributed by atoms with van der Waals surface area (Å²) in [5.41, 5.74) is 2.48. The fraction of sp³-hybridized carbons (Fsp3) is 0.405. The van der Waals surface area contributed by atoms with E-state index in [1.165, 1.54) is 16.4 Å². The third-order valence-corrected chi connectivity index (χ3v) is 13.8. The van der Waals surface area contributed by atoms with Crippen LogP contribution in [0.2, 0.25) is 18.1 Å². The Balaban J connectivity index is 1.29. The number of benzene rings is 2. The summed E-state index contributed by atoms with van der Waals surface area (Å²) in [7, 11) is -0.156. The van der Waals surface area contributed by atoms with Crippen LogP contribution in [0, 0.1) is 0 Å². The molecule has 0 bridgehead atoms. The van der Waals surface area contributed by atoms with Crippen LogP contribution >= 0.6 is 11.8 Å². The van der Waals surface area contributed by atoms with E-state index in [-0.39, 0.29) is 24.2 Å². The van der Waals surface area contributed by atoms with Crippen LogP contribution in [-0.2, 0) is 23.4 Å². The largest absolute Gasteiger partial charge is 0.445 e. The van der Waals surface area contributed by atoms with E-state index in [4.69, 9.17) is 23.4 Å². The van der Waals surface area contributed by atoms with Crippen molar-refractivity contribution >= 4 is 55.1 Å². The van der Waals surface area contributed by atoms with Crippen molar-refractivity contribution < 1.29 is 33.0 Å². The Hall–Kier alpha value is -3.85. The van der Waals surface area contributed by atoms with Gasteiger partial charge >= 0.3 is 6.09 Å². The van der Waals surface area contributed by atoms with Gasteiger partial charge in [-0.25, -0.2) is 4.79 Å². The Labute approximate surface area is 299 Å². The monoisotopic (exact) mass is 720 g/mol. The maximum Gasteiger partial charge on any atom is 0.435 e. The topological polar surface area (TPSA) is 123 Å². The number of carbonyl (C=O) groups excluding carboxylic acids is 2. The molecule has 2 heterocycles. The number of pyridine rings is 1. The van der Waals surface area contributed by atoms with E-state index in [1.807, 2.05) is 66.7 Å². The predicted octanol–water partition coefficient (Wildman–Crippen LogP) is 7.17. The van der Waals surface area contributed by atoms with E-state index >= 15 is 0 Å². The number of nitrogens with zero attached hydrogens (tertiary/aromatic N) is 3. The smallest absolute Gasteiger partial charge is 0.435 e. The van der Waals surface area contributed by atoms with Crippen LogP contribution in [0.3, 0.4) is 0 Å². The quantitative estimate of drug-likeness (QED) is 0.0836. The van der Waals surface area contributed by atoms with E-state index in [0.717, 1.165) is 20.9 Å². The summed E-state index contributed by atoms with van der Waals surface area (Å²) in [5.74, 6) is -0.175. The molecule has 2 aromatic heterocycles. The molecule has 0 radical (unpaired) electrons. The Morgan fingerprint density at radius 3 is 2.18 bits per heavy atom. The number of carbonyl (C=O) groups is 2. The van der Waals surface area contributed by atoms with Crippen molar-refractivity contribution in [2.45, 2.75) is 48.7 Å². The molecule has 0 saturated carbocycles. The maximum absolute atomic E-state index is 13.3. The van der Waals surface area contributed by atoms with Gasteiger partial charge in [0.1, 0.15) is 6.61 Å². The second kappa shape index (κ2) is 18.9. The molecular formula is C37H48N4O7SSi. The zero-order valence-corrected chi connectivity index (χ0v) is 31.6. The number of amides is 1. The Bertz CT molecular complexity index is 1720. The van der Waals surface area contributed by atoms with E-state index in [1.54, 1.807) is 19.3 Å². The van der Waals surface area contributed by atoms with Crippen LogP contribution in [-0.4, -0.2) is 95.0 Å². The van der Waals surface area contributed by atoms with Crippen molar-refractivity contribution in [3.8, 4) is 0 Å². The van der Waals surface area contributed by atoms with Gasteiger partial charge in [-0.1, -0.05) is 50.7 Å². The molecule has 4 rings (SSSR count). The minimum atomic E-state index is -1.76. The summed E-state index contributed by atoms with van der Waals surface area (Å²) in [6.45, 7) is 14.2. The van der Waals surface area contributed by atoms with Gasteiger partial charge in [-0.3, -0.25) is 9.78 Å². The number of hydrogen-bond acceptors (Lipinski definition) is 10. The highest BCUT2D eigenvalue weighted by molar-refractivity contribution is 7.99. The summed E-state index contributed by atoms with van der Waals surface area (Å²) in [5, 5.41) is 8.21. The molecule has 0 aliphatic heterocycles. The van der Waals surface area contributed by atoms with E-state index < -0.39 is 14.4 Å². The van der Waals surface area contributed by atoms with Crippen LogP contribution < -0.4 is 5.32 Å². The summed E-state index contributed by atoms with van der Waals surface area (Å²) in [4.78, 5) is 31.7. The van der Waals surface area contributed by atoms with Crippen LogP contribution in [0.4, 0.5) is 4.79 Å². The normalized spacial score (nSPS) is 12.1. The van der Waals surface area contributed by atoms with Gasteiger partial charge in [-0.15, -0.1) is 0 Å². The van der Waals surface area contributed by atoms with E-state index in [9.17, 15) is 9.59 Å². The molecule has 2 aromatic carbocycles. The Kier molecular flexibility index (Phi) is 14.8. The number of ether oxygens (including phenoxy) is 4. The molecule has 0 spiro atoms. The lowest BCUT2D eigenvalue weighted by molar-refractivity contribution is 0.00134. The molecule has 0 aliphatic rings. The highest BCUT2D eigenvalue weighted by atomic mass is 32.2. The van der Waals surface area contributed by atoms with Crippen LogP contribution in [0.5, 0.6) is 0 Å². The average Bonchev–Trinajstić information content (AvgIpc) is 3.47. The van der Waals surface area contributed by atoms with Gasteiger partial charge in [0, 0.05) is 28.4 Å². The third kappa shape index (κ3) is 11.3. The number of rotatable bonds is 18. The standard InChI is InChI=1S/C37H48N4O7SSi/c1-37(2,3)50(5,6)48-26-24-46-22-20-44-19-21-45-23-25-47-36(43)41-33-27-29(49-34-13-8-7-12-31(34)35(42)38-4)15-16-30(33)32(40-41)17-14-28-11-9-10-18-39-28/h7-18,27H,19-26H2,1-6H3,(H,38,42)/b17-14+. The van der Waals surface area contributed by atoms with Crippen molar-refractivity contribution in [2.24, 2.45) is 0 Å². The first-order valence-corrected chi connectivity index (χ1v) is 20.4. The average molecular weight is 721 g/mol. The first kappa shape index (κ1) is 38.9. The van der Waals surface area contributed by atoms with E-state index in [0.29, 0.717) is 56.4 Å². The molecule has 11 nitrogen and oxygen atoms in total. The van der Waals surface area contributed by atoms with Gasteiger partial charge in [0.05, 0.1) is 68.7 Å². The van der Waals surface area contributed by atoms with Crippen LogP contribution in [0.15, 0.2) is 76.7 Å². The van der Waals surface area contributed by atoms with Gasteiger partial charge in [0.15, 0.2) is 8.32 Å². The van der Waals surface area contributed by atoms with Crippen molar-refractivity contribution in [1.29, 1.82) is 0 Å². The Morgan fingerprint density at radius 1 is 0.860 bits per heavy atom. The van der Waals surface area contributed by atoms with Crippen LogP contribution in [0.25, 0.3) is 23.1 Å². The summed E-state index contributed by atoms with van der Waals surface area (Å²) < 4.78 is 29.7. The predicted molar refractivity (Wildman–Crippen MR) is 199 cm³/mol. The first-order valence-electron chi connectivity index (χ1n) is 16.7. The molecule has 4 aromatic rings. The SMILES string of the molecule is CNC(=O)c1ccccc1Sc1ccc2c(/C=C/c3ccccn3)nn(C(=O)OCCOCCOCCOCCO[Si](C)(C)C(C)(C)C)c2c1. The van der Waals surface area contributed by atoms with Crippen molar-refractivity contribution in [3.05, 3.63) is 83.8 Å². The molecule has 1 amide bonds.